The molecule has 1 heterocycles. The van der Waals surface area contributed by atoms with Crippen molar-refractivity contribution in [2.24, 2.45) is 0 Å². The molecule has 3 N–H and O–H groups in total. The van der Waals surface area contributed by atoms with E-state index in [0.717, 1.165) is 28.7 Å². The van der Waals surface area contributed by atoms with Crippen molar-refractivity contribution in [3.63, 3.8) is 0 Å². The van der Waals surface area contributed by atoms with Crippen LogP contribution < -0.4 is 10.1 Å². The number of aromatic carboxylic acids is 1. The molecule has 2 aromatic carbocycles. The predicted octanol–water partition coefficient (Wildman–Crippen LogP) is 4.55. The number of methoxy groups -OCH3 is 1. The predicted molar refractivity (Wildman–Crippen MR) is 130 cm³/mol. The number of aromatic nitrogens is 1. The van der Waals surface area contributed by atoms with Crippen LogP contribution in [0.25, 0.3) is 11.1 Å². The summed E-state index contributed by atoms with van der Waals surface area (Å²) in [6.45, 7) is 2.54. The summed E-state index contributed by atoms with van der Waals surface area (Å²) in [4.78, 5) is 15.2. The normalized spacial score (nSPS) is 12.1. The second kappa shape index (κ2) is 13.0. The van der Waals surface area contributed by atoms with Crippen molar-refractivity contribution in [2.75, 3.05) is 13.7 Å². The molecule has 0 radical (unpaired) electrons. The van der Waals surface area contributed by atoms with E-state index in [4.69, 9.17) is 9.84 Å². The topological polar surface area (TPSA) is 91.7 Å². The van der Waals surface area contributed by atoms with E-state index in [1.165, 1.54) is 13.2 Å². The highest BCUT2D eigenvalue weighted by Crippen LogP contribution is 2.31. The third-order valence-corrected chi connectivity index (χ3v) is 4.98. The van der Waals surface area contributed by atoms with E-state index in [1.807, 2.05) is 24.3 Å². The van der Waals surface area contributed by atoms with E-state index in [0.29, 0.717) is 12.3 Å². The number of carbonyl (C=O) groups is 1. The Bertz CT molecular complexity index is 985. The smallest absolute Gasteiger partial charge is 0.335 e. The van der Waals surface area contributed by atoms with Crippen LogP contribution in [0.3, 0.4) is 0 Å². The maximum absolute atomic E-state index is 11.2. The van der Waals surface area contributed by atoms with Gasteiger partial charge in [0.2, 0.25) is 0 Å². The number of nitrogens with zero attached hydrogens (tertiary/aromatic N) is 1. The molecule has 6 nitrogen and oxygen atoms in total. The van der Waals surface area contributed by atoms with Gasteiger partial charge in [0.25, 0.3) is 0 Å². The summed E-state index contributed by atoms with van der Waals surface area (Å²) in [5, 5.41) is 22.8. The van der Waals surface area contributed by atoms with Crippen molar-refractivity contribution in [1.82, 2.24) is 10.3 Å². The summed E-state index contributed by atoms with van der Waals surface area (Å²) in [5.74, 6) is -0.451. The van der Waals surface area contributed by atoms with E-state index in [1.54, 1.807) is 24.5 Å². The Balaban J connectivity index is 0.00000256. The number of rotatable bonds is 9. The number of hydrogen-bond acceptors (Lipinski definition) is 5. The van der Waals surface area contributed by atoms with Gasteiger partial charge in [-0.25, -0.2) is 4.79 Å². The van der Waals surface area contributed by atoms with E-state index in [9.17, 15) is 9.90 Å². The number of ether oxygens (including phenoxy) is 1. The van der Waals surface area contributed by atoms with Gasteiger partial charge in [0.15, 0.2) is 0 Å². The molecule has 0 aliphatic heterocycles. The SMILES string of the molecule is COc1cc(C(=O)O)ccc1-c1ccc(C[C@@H](C)NC[C@@H](O)c2cccnc2)cc1.Cl.Cl. The summed E-state index contributed by atoms with van der Waals surface area (Å²) in [7, 11) is 1.53. The Kier molecular flexibility index (Phi) is 11.2. The first-order valence-electron chi connectivity index (χ1n) is 9.80. The van der Waals surface area contributed by atoms with Gasteiger partial charge in [0.05, 0.1) is 18.8 Å². The minimum atomic E-state index is -0.981. The summed E-state index contributed by atoms with van der Waals surface area (Å²) in [6, 6.07) is 16.8. The number of aliphatic hydroxyl groups is 1. The average molecular weight is 479 g/mol. The van der Waals surface area contributed by atoms with E-state index in [2.05, 4.69) is 29.4 Å². The standard InChI is InChI=1S/C24H26N2O4.2ClH/c1-16(26-15-22(27)20-4-3-11-25-14-20)12-17-5-7-18(8-6-17)21-10-9-19(24(28)29)13-23(21)30-2;;/h3-11,13-14,16,22,26-27H,12,15H2,1-2H3,(H,28,29);2*1H/t16-,22-;;/m1../s1. The number of aliphatic hydroxyl groups excluding tert-OH is 1. The van der Waals surface area contributed by atoms with E-state index >= 15 is 0 Å². The number of carboxylic acids is 1. The zero-order valence-corrected chi connectivity index (χ0v) is 19.5. The van der Waals surface area contributed by atoms with Crippen LogP contribution in [0.4, 0.5) is 0 Å². The lowest BCUT2D eigenvalue weighted by molar-refractivity contribution is 0.0696. The molecule has 0 fully saturated rings. The monoisotopic (exact) mass is 478 g/mol. The first-order valence-corrected chi connectivity index (χ1v) is 9.80. The van der Waals surface area contributed by atoms with Crippen LogP contribution in [0, 0.1) is 0 Å². The Hall–Kier alpha value is -2.64. The fraction of sp³-hybridized carbons (Fsp3) is 0.250. The van der Waals surface area contributed by atoms with Gasteiger partial charge in [-0.1, -0.05) is 30.3 Å². The third-order valence-electron chi connectivity index (χ3n) is 4.98. The molecule has 2 atom stereocenters. The van der Waals surface area contributed by atoms with Crippen LogP contribution in [-0.4, -0.2) is 40.9 Å². The molecule has 32 heavy (non-hydrogen) atoms. The lowest BCUT2D eigenvalue weighted by atomic mass is 9.99. The number of hydrogen-bond donors (Lipinski definition) is 3. The van der Waals surface area contributed by atoms with Crippen LogP contribution >= 0.6 is 24.8 Å². The maximum atomic E-state index is 11.2. The van der Waals surface area contributed by atoms with Gasteiger partial charge in [0.1, 0.15) is 5.75 Å². The van der Waals surface area contributed by atoms with Crippen molar-refractivity contribution < 1.29 is 19.7 Å². The Labute approximate surface area is 200 Å². The van der Waals surface area contributed by atoms with Crippen molar-refractivity contribution in [2.45, 2.75) is 25.5 Å². The zero-order valence-electron chi connectivity index (χ0n) is 17.9. The zero-order chi connectivity index (χ0) is 21.5. The molecule has 3 aromatic rings. The Morgan fingerprint density at radius 1 is 1.12 bits per heavy atom. The van der Waals surface area contributed by atoms with Crippen molar-refractivity contribution in [3.8, 4) is 16.9 Å². The van der Waals surface area contributed by atoms with Crippen LogP contribution in [0.2, 0.25) is 0 Å². The summed E-state index contributed by atoms with van der Waals surface area (Å²) in [5.41, 5.74) is 3.96. The molecule has 3 rings (SSSR count). The molecule has 0 spiro atoms. The van der Waals surface area contributed by atoms with Gasteiger partial charge in [-0.3, -0.25) is 4.98 Å². The fourth-order valence-corrected chi connectivity index (χ4v) is 3.31. The van der Waals surface area contributed by atoms with Crippen LogP contribution in [0.15, 0.2) is 67.0 Å². The lowest BCUT2D eigenvalue weighted by Gasteiger charge is -2.17. The highest BCUT2D eigenvalue weighted by atomic mass is 35.5. The molecule has 0 aliphatic rings. The summed E-state index contributed by atoms with van der Waals surface area (Å²) < 4.78 is 5.37. The van der Waals surface area contributed by atoms with Crippen molar-refractivity contribution in [3.05, 3.63) is 83.7 Å². The quantitative estimate of drug-likeness (QED) is 0.417. The number of pyridine rings is 1. The molecule has 0 saturated heterocycles. The van der Waals surface area contributed by atoms with Gasteiger partial charge in [-0.15, -0.1) is 24.8 Å². The summed E-state index contributed by atoms with van der Waals surface area (Å²) >= 11 is 0. The number of nitrogens with one attached hydrogen (secondary N) is 1. The minimum Gasteiger partial charge on any atom is -0.496 e. The molecular formula is C24H28Cl2N2O4. The van der Waals surface area contributed by atoms with E-state index < -0.39 is 12.1 Å². The molecular weight excluding hydrogens is 451 g/mol. The number of benzene rings is 2. The number of halogens is 2. The maximum Gasteiger partial charge on any atom is 0.335 e. The van der Waals surface area contributed by atoms with Gasteiger partial charge >= 0.3 is 5.97 Å². The van der Waals surface area contributed by atoms with Gasteiger partial charge < -0.3 is 20.3 Å². The van der Waals surface area contributed by atoms with Crippen molar-refractivity contribution >= 4 is 30.8 Å². The van der Waals surface area contributed by atoms with Crippen molar-refractivity contribution in [1.29, 1.82) is 0 Å². The van der Waals surface area contributed by atoms with Crippen LogP contribution in [-0.2, 0) is 6.42 Å². The molecule has 0 amide bonds. The van der Waals surface area contributed by atoms with Gasteiger partial charge in [0, 0.05) is 36.1 Å². The Morgan fingerprint density at radius 2 is 1.84 bits per heavy atom. The molecule has 8 heteroatoms. The molecule has 0 aliphatic carbocycles. The average Bonchev–Trinajstić information content (AvgIpc) is 2.78. The molecule has 0 saturated carbocycles. The largest absolute Gasteiger partial charge is 0.496 e. The minimum absolute atomic E-state index is 0. The van der Waals surface area contributed by atoms with Gasteiger partial charge in [-0.05, 0) is 48.7 Å². The van der Waals surface area contributed by atoms with Crippen LogP contribution in [0.5, 0.6) is 5.75 Å². The second-order valence-electron chi connectivity index (χ2n) is 7.23. The Morgan fingerprint density at radius 3 is 2.44 bits per heavy atom. The van der Waals surface area contributed by atoms with Crippen LogP contribution in [0.1, 0.15) is 34.5 Å². The fourth-order valence-electron chi connectivity index (χ4n) is 3.31. The number of carboxylic acid groups (broad SMARTS) is 1. The second-order valence-corrected chi connectivity index (χ2v) is 7.23. The lowest BCUT2D eigenvalue weighted by Crippen LogP contribution is -2.32. The van der Waals surface area contributed by atoms with Gasteiger partial charge in [-0.2, -0.15) is 0 Å². The first-order chi connectivity index (χ1) is 14.5. The highest BCUT2D eigenvalue weighted by molar-refractivity contribution is 5.89. The molecule has 1 aromatic heterocycles. The summed E-state index contributed by atoms with van der Waals surface area (Å²) in [6.07, 6.45) is 3.58. The molecule has 0 unspecified atom stereocenters. The third kappa shape index (κ3) is 7.21. The van der Waals surface area contributed by atoms with E-state index in [-0.39, 0.29) is 36.4 Å². The highest BCUT2D eigenvalue weighted by Gasteiger charge is 2.12. The molecule has 0 bridgehead atoms. The molecule has 172 valence electrons. The first kappa shape index (κ1) is 27.4.